The maximum atomic E-state index is 6.07. The quantitative estimate of drug-likeness (QED) is 0.764. The lowest BCUT2D eigenvalue weighted by molar-refractivity contribution is 0.173. The molecule has 2 rings (SSSR count). The largest absolute Gasteiger partial charge is 0.492 e. The SMILES string of the molecule is CC=Cc1ccccc1OCC1(CS)CCCC1. The average Bonchev–Trinajstić information content (AvgIpc) is 2.88. The summed E-state index contributed by atoms with van der Waals surface area (Å²) in [6, 6.07) is 8.23. The minimum absolute atomic E-state index is 0.298. The second kappa shape index (κ2) is 6.33. The molecule has 1 aromatic rings. The van der Waals surface area contributed by atoms with E-state index in [0.29, 0.717) is 5.41 Å². The zero-order valence-corrected chi connectivity index (χ0v) is 12.0. The third-order valence-electron chi connectivity index (χ3n) is 3.80. The van der Waals surface area contributed by atoms with Crippen molar-refractivity contribution in [3.8, 4) is 5.75 Å². The molecule has 1 aliphatic rings. The Morgan fingerprint density at radius 1 is 1.28 bits per heavy atom. The third-order valence-corrected chi connectivity index (χ3v) is 4.47. The molecule has 1 saturated carbocycles. The minimum atomic E-state index is 0.298. The Morgan fingerprint density at radius 2 is 2.00 bits per heavy atom. The molecule has 0 amide bonds. The minimum Gasteiger partial charge on any atom is -0.492 e. The molecule has 0 unspecified atom stereocenters. The molecule has 0 aromatic heterocycles. The Bertz CT molecular complexity index is 405. The van der Waals surface area contributed by atoms with Gasteiger partial charge in [-0.05, 0) is 31.6 Å². The lowest BCUT2D eigenvalue weighted by Crippen LogP contribution is -2.27. The van der Waals surface area contributed by atoms with E-state index >= 15 is 0 Å². The van der Waals surface area contributed by atoms with Gasteiger partial charge in [0, 0.05) is 11.0 Å². The van der Waals surface area contributed by atoms with Gasteiger partial charge in [-0.25, -0.2) is 0 Å². The summed E-state index contributed by atoms with van der Waals surface area (Å²) in [5.41, 5.74) is 1.46. The van der Waals surface area contributed by atoms with Crippen molar-refractivity contribution in [2.75, 3.05) is 12.4 Å². The number of ether oxygens (including phenoxy) is 1. The van der Waals surface area contributed by atoms with Gasteiger partial charge in [0.25, 0.3) is 0 Å². The molecule has 1 aliphatic carbocycles. The van der Waals surface area contributed by atoms with Crippen LogP contribution in [0.15, 0.2) is 30.3 Å². The molecule has 0 spiro atoms. The van der Waals surface area contributed by atoms with Crippen molar-refractivity contribution in [2.24, 2.45) is 5.41 Å². The molecule has 18 heavy (non-hydrogen) atoms. The van der Waals surface area contributed by atoms with Gasteiger partial charge in [0.15, 0.2) is 0 Å². The predicted octanol–water partition coefficient (Wildman–Crippen LogP) is 4.59. The Labute approximate surface area is 116 Å². The zero-order chi connectivity index (χ0) is 12.8. The van der Waals surface area contributed by atoms with Crippen LogP contribution in [0.3, 0.4) is 0 Å². The molecule has 0 radical (unpaired) electrons. The first-order valence-electron chi connectivity index (χ1n) is 6.75. The van der Waals surface area contributed by atoms with E-state index in [1.807, 2.05) is 25.1 Å². The molecule has 0 aliphatic heterocycles. The number of allylic oxidation sites excluding steroid dienone is 1. The van der Waals surface area contributed by atoms with Crippen LogP contribution in [0.5, 0.6) is 5.75 Å². The van der Waals surface area contributed by atoms with Crippen molar-refractivity contribution >= 4 is 18.7 Å². The highest BCUT2D eigenvalue weighted by Gasteiger charge is 2.33. The lowest BCUT2D eigenvalue weighted by Gasteiger charge is -2.27. The van der Waals surface area contributed by atoms with E-state index in [1.165, 1.54) is 25.7 Å². The number of para-hydroxylation sites is 1. The summed E-state index contributed by atoms with van der Waals surface area (Å²) < 4.78 is 6.07. The van der Waals surface area contributed by atoms with Crippen LogP contribution in [-0.2, 0) is 0 Å². The van der Waals surface area contributed by atoms with E-state index in [-0.39, 0.29) is 0 Å². The van der Waals surface area contributed by atoms with Crippen molar-refractivity contribution in [1.82, 2.24) is 0 Å². The molecule has 0 N–H and O–H groups in total. The standard InChI is InChI=1S/C16H22OS/c1-2-7-14-8-3-4-9-15(14)17-12-16(13-18)10-5-6-11-16/h2-4,7-9,18H,5-6,10-13H2,1H3. The van der Waals surface area contributed by atoms with Crippen LogP contribution in [0.1, 0.15) is 38.2 Å². The summed E-state index contributed by atoms with van der Waals surface area (Å²) in [6.45, 7) is 2.83. The molecular weight excluding hydrogens is 240 g/mol. The fourth-order valence-electron chi connectivity index (χ4n) is 2.63. The maximum Gasteiger partial charge on any atom is 0.126 e. The van der Waals surface area contributed by atoms with Gasteiger partial charge in [0.2, 0.25) is 0 Å². The maximum absolute atomic E-state index is 6.07. The Balaban J connectivity index is 2.05. The number of thiol groups is 1. The normalized spacial score (nSPS) is 18.3. The Hall–Kier alpha value is -0.890. The summed E-state index contributed by atoms with van der Waals surface area (Å²) in [4.78, 5) is 0. The second-order valence-corrected chi connectivity index (χ2v) is 5.51. The van der Waals surface area contributed by atoms with Crippen molar-refractivity contribution < 1.29 is 4.74 Å². The molecule has 0 heterocycles. The summed E-state index contributed by atoms with van der Waals surface area (Å²) >= 11 is 4.52. The molecule has 1 nitrogen and oxygen atoms in total. The van der Waals surface area contributed by atoms with Crippen LogP contribution in [-0.4, -0.2) is 12.4 Å². The Morgan fingerprint density at radius 3 is 2.67 bits per heavy atom. The Kier molecular flexibility index (Phi) is 4.76. The molecule has 1 fully saturated rings. The summed E-state index contributed by atoms with van der Waals surface area (Å²) in [5.74, 6) is 1.92. The van der Waals surface area contributed by atoms with E-state index in [0.717, 1.165) is 23.7 Å². The monoisotopic (exact) mass is 262 g/mol. The van der Waals surface area contributed by atoms with Gasteiger partial charge in [-0.2, -0.15) is 12.6 Å². The van der Waals surface area contributed by atoms with Gasteiger partial charge >= 0.3 is 0 Å². The summed E-state index contributed by atoms with van der Waals surface area (Å²) in [7, 11) is 0. The number of hydrogen-bond acceptors (Lipinski definition) is 2. The number of rotatable bonds is 5. The van der Waals surface area contributed by atoms with Crippen LogP contribution in [0, 0.1) is 5.41 Å². The summed E-state index contributed by atoms with van der Waals surface area (Å²) in [6.07, 6.45) is 9.29. The predicted molar refractivity (Wildman–Crippen MR) is 81.4 cm³/mol. The topological polar surface area (TPSA) is 9.23 Å². The molecule has 2 heteroatoms. The van der Waals surface area contributed by atoms with E-state index in [9.17, 15) is 0 Å². The van der Waals surface area contributed by atoms with Crippen LogP contribution in [0.25, 0.3) is 6.08 Å². The van der Waals surface area contributed by atoms with Gasteiger partial charge in [0.05, 0.1) is 6.61 Å². The zero-order valence-electron chi connectivity index (χ0n) is 11.1. The van der Waals surface area contributed by atoms with Gasteiger partial charge in [-0.3, -0.25) is 0 Å². The lowest BCUT2D eigenvalue weighted by atomic mass is 9.90. The van der Waals surface area contributed by atoms with E-state index < -0.39 is 0 Å². The van der Waals surface area contributed by atoms with Gasteiger partial charge in [0.1, 0.15) is 5.75 Å². The molecule has 0 atom stereocenters. The highest BCUT2D eigenvalue weighted by atomic mass is 32.1. The first-order valence-corrected chi connectivity index (χ1v) is 7.38. The average molecular weight is 262 g/mol. The molecule has 1 aromatic carbocycles. The molecular formula is C16H22OS. The smallest absolute Gasteiger partial charge is 0.126 e. The van der Waals surface area contributed by atoms with E-state index in [4.69, 9.17) is 4.74 Å². The summed E-state index contributed by atoms with van der Waals surface area (Å²) in [5, 5.41) is 0. The number of hydrogen-bond donors (Lipinski definition) is 1. The second-order valence-electron chi connectivity index (χ2n) is 5.19. The molecule has 98 valence electrons. The van der Waals surface area contributed by atoms with Crippen LogP contribution in [0.4, 0.5) is 0 Å². The van der Waals surface area contributed by atoms with E-state index in [2.05, 4.69) is 30.8 Å². The fraction of sp³-hybridized carbons (Fsp3) is 0.500. The first kappa shape index (κ1) is 13.5. The number of benzene rings is 1. The highest BCUT2D eigenvalue weighted by Crippen LogP contribution is 2.39. The van der Waals surface area contributed by atoms with Crippen molar-refractivity contribution in [3.05, 3.63) is 35.9 Å². The molecule has 0 bridgehead atoms. The van der Waals surface area contributed by atoms with Gasteiger partial charge < -0.3 is 4.74 Å². The third kappa shape index (κ3) is 3.11. The van der Waals surface area contributed by atoms with Crippen molar-refractivity contribution in [2.45, 2.75) is 32.6 Å². The van der Waals surface area contributed by atoms with Crippen LogP contribution in [0.2, 0.25) is 0 Å². The van der Waals surface area contributed by atoms with Crippen molar-refractivity contribution in [3.63, 3.8) is 0 Å². The van der Waals surface area contributed by atoms with Gasteiger partial charge in [-0.15, -0.1) is 0 Å². The van der Waals surface area contributed by atoms with Gasteiger partial charge in [-0.1, -0.05) is 43.2 Å². The van der Waals surface area contributed by atoms with Crippen LogP contribution < -0.4 is 4.74 Å². The first-order chi connectivity index (χ1) is 8.79. The van der Waals surface area contributed by atoms with Crippen LogP contribution >= 0.6 is 12.6 Å². The fourth-order valence-corrected chi connectivity index (χ4v) is 3.04. The molecule has 0 saturated heterocycles. The highest BCUT2D eigenvalue weighted by molar-refractivity contribution is 7.80. The van der Waals surface area contributed by atoms with E-state index in [1.54, 1.807) is 0 Å². The van der Waals surface area contributed by atoms with Crippen molar-refractivity contribution in [1.29, 1.82) is 0 Å².